The number of nitrogens with two attached hydrogens (primary N) is 2. The predicted octanol–water partition coefficient (Wildman–Crippen LogP) is 0.105. The molecule has 0 radical (unpaired) electrons. The number of nitrogen functional groups attached to an aromatic ring is 1. The number of thiazole rings is 1. The second-order valence-corrected chi connectivity index (χ2v) is 5.88. The van der Waals surface area contributed by atoms with Crippen LogP contribution in [-0.4, -0.2) is 41.8 Å². The Morgan fingerprint density at radius 1 is 1.53 bits per heavy atom. The molecule has 2 heterocycles. The van der Waals surface area contributed by atoms with E-state index in [0.29, 0.717) is 29.5 Å². The molecule has 0 bridgehead atoms. The Bertz CT molecular complexity index is 529. The highest BCUT2D eigenvalue weighted by molar-refractivity contribution is 7.18. The summed E-state index contributed by atoms with van der Waals surface area (Å²) in [5, 5.41) is 3.45. The molecule has 1 unspecified atom stereocenters. The highest BCUT2D eigenvalue weighted by Gasteiger charge is 2.41. The van der Waals surface area contributed by atoms with Crippen molar-refractivity contribution in [3.8, 4) is 0 Å². The van der Waals surface area contributed by atoms with Gasteiger partial charge in [-0.05, 0) is 13.3 Å². The average molecular weight is 283 g/mol. The minimum absolute atomic E-state index is 0.193. The largest absolute Gasteiger partial charge is 0.382 e. The Labute approximate surface area is 115 Å². The summed E-state index contributed by atoms with van der Waals surface area (Å²) in [4.78, 5) is 29.8. The van der Waals surface area contributed by atoms with Crippen LogP contribution in [-0.2, 0) is 4.79 Å². The second-order valence-electron chi connectivity index (χ2n) is 4.89. The number of carbonyl (C=O) groups excluding carboxylic acids is 2. The van der Waals surface area contributed by atoms with Gasteiger partial charge in [0, 0.05) is 20.1 Å². The highest BCUT2D eigenvalue weighted by Crippen LogP contribution is 2.33. The number of nitrogens with one attached hydrogen (secondary N) is 1. The van der Waals surface area contributed by atoms with Crippen molar-refractivity contribution in [2.24, 2.45) is 11.1 Å². The van der Waals surface area contributed by atoms with Crippen molar-refractivity contribution < 1.29 is 9.59 Å². The molecule has 0 aromatic carbocycles. The number of carbonyl (C=O) groups is 2. The molecule has 0 aliphatic carbocycles. The van der Waals surface area contributed by atoms with Gasteiger partial charge >= 0.3 is 0 Å². The van der Waals surface area contributed by atoms with Gasteiger partial charge in [0.25, 0.3) is 5.91 Å². The number of primary amides is 1. The van der Waals surface area contributed by atoms with Crippen molar-refractivity contribution in [2.75, 3.05) is 31.2 Å². The molecule has 7 nitrogen and oxygen atoms in total. The first kappa shape index (κ1) is 13.6. The quantitative estimate of drug-likeness (QED) is 0.728. The summed E-state index contributed by atoms with van der Waals surface area (Å²) in [6, 6.07) is 0. The van der Waals surface area contributed by atoms with Crippen molar-refractivity contribution in [1.82, 2.24) is 9.88 Å². The molecule has 104 valence electrons. The summed E-state index contributed by atoms with van der Waals surface area (Å²) in [5.74, 6) is -0.357. The Hall–Kier alpha value is -1.83. The maximum atomic E-state index is 12.3. The van der Waals surface area contributed by atoms with E-state index in [1.807, 2.05) is 0 Å². The lowest BCUT2D eigenvalue weighted by molar-refractivity contribution is -0.126. The van der Waals surface area contributed by atoms with Crippen LogP contribution in [0.15, 0.2) is 0 Å². The van der Waals surface area contributed by atoms with E-state index in [9.17, 15) is 9.59 Å². The number of rotatable bonds is 3. The molecule has 0 saturated carbocycles. The molecule has 1 aromatic rings. The maximum absolute atomic E-state index is 12.3. The van der Waals surface area contributed by atoms with Gasteiger partial charge in [-0.3, -0.25) is 9.59 Å². The minimum atomic E-state index is -0.652. The van der Waals surface area contributed by atoms with Crippen molar-refractivity contribution in [3.63, 3.8) is 0 Å². The number of anilines is 2. The molecule has 0 spiro atoms. The normalized spacial score (nSPS) is 22.5. The lowest BCUT2D eigenvalue weighted by Gasteiger charge is -2.20. The summed E-state index contributed by atoms with van der Waals surface area (Å²) in [7, 11) is 1.71. The van der Waals surface area contributed by atoms with E-state index in [4.69, 9.17) is 11.5 Å². The van der Waals surface area contributed by atoms with Crippen LogP contribution in [0.1, 0.15) is 23.0 Å². The zero-order valence-corrected chi connectivity index (χ0v) is 11.7. The molecule has 8 heteroatoms. The molecule has 5 N–H and O–H groups in total. The van der Waals surface area contributed by atoms with Gasteiger partial charge in [0.05, 0.1) is 5.41 Å². The number of likely N-dealkylation sites (tertiary alicyclic amines) is 1. The smallest absolute Gasteiger partial charge is 0.267 e. The molecule has 2 amide bonds. The van der Waals surface area contributed by atoms with E-state index >= 15 is 0 Å². The van der Waals surface area contributed by atoms with Crippen LogP contribution in [0.4, 0.5) is 10.9 Å². The van der Waals surface area contributed by atoms with E-state index in [1.54, 1.807) is 18.9 Å². The molecule has 1 fully saturated rings. The summed E-state index contributed by atoms with van der Waals surface area (Å²) < 4.78 is 0. The van der Waals surface area contributed by atoms with Crippen LogP contribution < -0.4 is 16.8 Å². The van der Waals surface area contributed by atoms with Crippen molar-refractivity contribution in [3.05, 3.63) is 4.88 Å². The monoisotopic (exact) mass is 283 g/mol. The Morgan fingerprint density at radius 3 is 2.68 bits per heavy atom. The topological polar surface area (TPSA) is 114 Å². The third-order valence-corrected chi connectivity index (χ3v) is 4.49. The van der Waals surface area contributed by atoms with E-state index in [0.717, 1.165) is 0 Å². The van der Waals surface area contributed by atoms with E-state index in [-0.39, 0.29) is 17.6 Å². The van der Waals surface area contributed by atoms with E-state index in [1.165, 1.54) is 11.3 Å². The van der Waals surface area contributed by atoms with Gasteiger partial charge in [-0.15, -0.1) is 0 Å². The van der Waals surface area contributed by atoms with Crippen LogP contribution in [0.25, 0.3) is 0 Å². The van der Waals surface area contributed by atoms with Crippen LogP contribution in [0.5, 0.6) is 0 Å². The third-order valence-electron chi connectivity index (χ3n) is 3.42. The zero-order valence-electron chi connectivity index (χ0n) is 10.9. The Kier molecular flexibility index (Phi) is 3.36. The summed E-state index contributed by atoms with van der Waals surface area (Å²) >= 11 is 1.21. The molecular weight excluding hydrogens is 266 g/mol. The molecule has 1 saturated heterocycles. The molecule has 1 aromatic heterocycles. The van der Waals surface area contributed by atoms with Gasteiger partial charge in [-0.25, -0.2) is 4.98 Å². The third kappa shape index (κ3) is 2.35. The first-order valence-electron chi connectivity index (χ1n) is 5.90. The average Bonchev–Trinajstić information content (AvgIpc) is 2.93. The van der Waals surface area contributed by atoms with Gasteiger partial charge in [-0.1, -0.05) is 11.3 Å². The standard InChI is InChI=1S/C11H17N5O2S/c1-11(9(13)18)3-4-16(5-11)8(17)6-7(12)15-10(14-2)19-6/h3-5,12H2,1-2H3,(H2,13,18)(H,14,15). The number of aromatic nitrogens is 1. The Morgan fingerprint density at radius 2 is 2.21 bits per heavy atom. The van der Waals surface area contributed by atoms with Crippen LogP contribution >= 0.6 is 11.3 Å². The molecule has 1 atom stereocenters. The van der Waals surface area contributed by atoms with Crippen LogP contribution in [0.2, 0.25) is 0 Å². The lowest BCUT2D eigenvalue weighted by atomic mass is 9.89. The number of hydrogen-bond acceptors (Lipinski definition) is 6. The SMILES string of the molecule is CNc1nc(N)c(C(=O)N2CCC(C)(C(N)=O)C2)s1. The molecule has 19 heavy (non-hydrogen) atoms. The molecule has 1 aliphatic heterocycles. The van der Waals surface area contributed by atoms with Gasteiger partial charge in [0.2, 0.25) is 5.91 Å². The minimum Gasteiger partial charge on any atom is -0.382 e. The van der Waals surface area contributed by atoms with Crippen molar-refractivity contribution in [1.29, 1.82) is 0 Å². The van der Waals surface area contributed by atoms with Crippen molar-refractivity contribution >= 4 is 34.1 Å². The van der Waals surface area contributed by atoms with Crippen LogP contribution in [0.3, 0.4) is 0 Å². The number of nitrogens with zero attached hydrogens (tertiary/aromatic N) is 2. The summed E-state index contributed by atoms with van der Waals surface area (Å²) in [6.07, 6.45) is 0.575. The Balaban J connectivity index is 2.17. The molecular formula is C11H17N5O2S. The maximum Gasteiger partial charge on any atom is 0.267 e. The first-order chi connectivity index (χ1) is 8.87. The number of hydrogen-bond donors (Lipinski definition) is 3. The molecule has 1 aliphatic rings. The molecule has 2 rings (SSSR count). The van der Waals surface area contributed by atoms with Gasteiger partial charge in [0.15, 0.2) is 5.13 Å². The zero-order chi connectivity index (χ0) is 14.2. The van der Waals surface area contributed by atoms with E-state index in [2.05, 4.69) is 10.3 Å². The van der Waals surface area contributed by atoms with Crippen LogP contribution in [0, 0.1) is 5.41 Å². The fraction of sp³-hybridized carbons (Fsp3) is 0.545. The second kappa shape index (κ2) is 4.69. The van der Waals surface area contributed by atoms with Gasteiger partial charge in [0.1, 0.15) is 10.7 Å². The lowest BCUT2D eigenvalue weighted by Crippen LogP contribution is -2.38. The van der Waals surface area contributed by atoms with Gasteiger partial charge < -0.3 is 21.7 Å². The summed E-state index contributed by atoms with van der Waals surface area (Å²) in [6.45, 7) is 2.61. The van der Waals surface area contributed by atoms with Gasteiger partial charge in [-0.2, -0.15) is 0 Å². The predicted molar refractivity (Wildman–Crippen MR) is 73.9 cm³/mol. The fourth-order valence-electron chi connectivity index (χ4n) is 2.07. The number of amides is 2. The summed E-state index contributed by atoms with van der Waals surface area (Å²) in [5.41, 5.74) is 10.4. The highest BCUT2D eigenvalue weighted by atomic mass is 32.1. The fourth-order valence-corrected chi connectivity index (χ4v) is 2.88. The first-order valence-corrected chi connectivity index (χ1v) is 6.72. The van der Waals surface area contributed by atoms with E-state index < -0.39 is 5.41 Å². The van der Waals surface area contributed by atoms with Crippen molar-refractivity contribution in [2.45, 2.75) is 13.3 Å².